The fourth-order valence-electron chi connectivity index (χ4n) is 1.09. The highest BCUT2D eigenvalue weighted by molar-refractivity contribution is 9.10. The normalized spacial score (nSPS) is 10.1. The van der Waals surface area contributed by atoms with E-state index >= 15 is 0 Å². The van der Waals surface area contributed by atoms with Gasteiger partial charge >= 0.3 is 0 Å². The quantitative estimate of drug-likeness (QED) is 0.840. The molecule has 0 saturated carbocycles. The molecule has 0 spiro atoms. The maximum atomic E-state index is 5.70. The van der Waals surface area contributed by atoms with Crippen LogP contribution in [0.2, 0.25) is 0 Å². The molecular weight excluding hydrogens is 244 g/mol. The van der Waals surface area contributed by atoms with E-state index in [1.807, 2.05) is 12.1 Å². The minimum atomic E-state index is 0.462. The SMILES string of the molecule is Nc1ncccc1-c1cnc(Br)cn1. The number of rotatable bonds is 1. The summed E-state index contributed by atoms with van der Waals surface area (Å²) in [6.45, 7) is 0. The highest BCUT2D eigenvalue weighted by Gasteiger charge is 2.03. The molecule has 70 valence electrons. The number of hydrogen-bond acceptors (Lipinski definition) is 4. The van der Waals surface area contributed by atoms with Crippen molar-refractivity contribution in [2.75, 3.05) is 5.73 Å². The molecule has 0 fully saturated rings. The van der Waals surface area contributed by atoms with Crippen molar-refractivity contribution in [3.8, 4) is 11.3 Å². The highest BCUT2D eigenvalue weighted by atomic mass is 79.9. The van der Waals surface area contributed by atoms with Crippen LogP contribution in [0.4, 0.5) is 5.82 Å². The van der Waals surface area contributed by atoms with Gasteiger partial charge in [-0.1, -0.05) is 0 Å². The summed E-state index contributed by atoms with van der Waals surface area (Å²) in [5.74, 6) is 0.462. The topological polar surface area (TPSA) is 64.7 Å². The lowest BCUT2D eigenvalue weighted by atomic mass is 10.2. The number of pyridine rings is 1. The maximum Gasteiger partial charge on any atom is 0.132 e. The van der Waals surface area contributed by atoms with E-state index in [1.165, 1.54) is 0 Å². The third-order valence-electron chi connectivity index (χ3n) is 1.73. The van der Waals surface area contributed by atoms with Crippen molar-refractivity contribution in [1.29, 1.82) is 0 Å². The lowest BCUT2D eigenvalue weighted by molar-refractivity contribution is 1.16. The Morgan fingerprint density at radius 1 is 1.14 bits per heavy atom. The van der Waals surface area contributed by atoms with Crippen LogP contribution in [0.5, 0.6) is 0 Å². The Labute approximate surface area is 89.4 Å². The number of nitrogens with two attached hydrogens (primary N) is 1. The summed E-state index contributed by atoms with van der Waals surface area (Å²) in [5, 5.41) is 0. The number of halogens is 1. The molecule has 0 aliphatic heterocycles. The molecule has 0 bridgehead atoms. The minimum absolute atomic E-state index is 0.462. The Morgan fingerprint density at radius 3 is 2.64 bits per heavy atom. The molecule has 14 heavy (non-hydrogen) atoms. The molecule has 2 N–H and O–H groups in total. The first-order valence-electron chi connectivity index (χ1n) is 3.96. The highest BCUT2D eigenvalue weighted by Crippen LogP contribution is 2.20. The van der Waals surface area contributed by atoms with Crippen molar-refractivity contribution in [1.82, 2.24) is 15.0 Å². The van der Waals surface area contributed by atoms with Gasteiger partial charge in [0.15, 0.2) is 0 Å². The number of aromatic nitrogens is 3. The molecule has 2 rings (SSSR count). The van der Waals surface area contributed by atoms with E-state index in [1.54, 1.807) is 18.6 Å². The van der Waals surface area contributed by atoms with E-state index in [4.69, 9.17) is 5.73 Å². The second kappa shape index (κ2) is 3.71. The molecule has 2 aromatic rings. The standard InChI is InChI=1S/C9H7BrN4/c10-8-5-13-7(4-14-8)6-2-1-3-12-9(6)11/h1-5H,(H2,11,12). The van der Waals surface area contributed by atoms with Gasteiger partial charge in [0.05, 0.1) is 18.1 Å². The molecule has 0 aliphatic carbocycles. The van der Waals surface area contributed by atoms with Crippen LogP contribution in [0.25, 0.3) is 11.3 Å². The number of nitrogens with zero attached hydrogens (tertiary/aromatic N) is 3. The zero-order valence-corrected chi connectivity index (χ0v) is 8.77. The first-order chi connectivity index (χ1) is 6.77. The van der Waals surface area contributed by atoms with E-state index in [0.717, 1.165) is 11.3 Å². The first-order valence-corrected chi connectivity index (χ1v) is 4.75. The van der Waals surface area contributed by atoms with Crippen molar-refractivity contribution >= 4 is 21.7 Å². The fourth-order valence-corrected chi connectivity index (χ4v) is 1.29. The van der Waals surface area contributed by atoms with Gasteiger partial charge in [-0.2, -0.15) is 0 Å². The summed E-state index contributed by atoms with van der Waals surface area (Å²) < 4.78 is 0.698. The molecule has 0 radical (unpaired) electrons. The fraction of sp³-hybridized carbons (Fsp3) is 0. The number of nitrogen functional groups attached to an aromatic ring is 1. The van der Waals surface area contributed by atoms with Crippen LogP contribution in [0, 0.1) is 0 Å². The minimum Gasteiger partial charge on any atom is -0.383 e. The monoisotopic (exact) mass is 250 g/mol. The molecule has 4 nitrogen and oxygen atoms in total. The van der Waals surface area contributed by atoms with Crippen molar-refractivity contribution in [2.45, 2.75) is 0 Å². The molecule has 2 aromatic heterocycles. The van der Waals surface area contributed by atoms with Gasteiger partial charge in [-0.25, -0.2) is 9.97 Å². The molecule has 0 atom stereocenters. The van der Waals surface area contributed by atoms with Gasteiger partial charge in [0.2, 0.25) is 0 Å². The summed E-state index contributed by atoms with van der Waals surface area (Å²) in [6, 6.07) is 3.68. The molecule has 0 aromatic carbocycles. The van der Waals surface area contributed by atoms with Crippen molar-refractivity contribution < 1.29 is 0 Å². The summed E-state index contributed by atoms with van der Waals surface area (Å²) in [6.07, 6.45) is 4.92. The van der Waals surface area contributed by atoms with Crippen LogP contribution >= 0.6 is 15.9 Å². The molecule has 2 heterocycles. The van der Waals surface area contributed by atoms with Gasteiger partial charge in [0.25, 0.3) is 0 Å². The average molecular weight is 251 g/mol. The first kappa shape index (κ1) is 9.08. The van der Waals surface area contributed by atoms with Gasteiger partial charge < -0.3 is 5.73 Å². The van der Waals surface area contributed by atoms with E-state index in [0.29, 0.717) is 10.4 Å². The molecule has 0 saturated heterocycles. The van der Waals surface area contributed by atoms with Gasteiger partial charge in [-0.3, -0.25) is 4.98 Å². The number of hydrogen-bond donors (Lipinski definition) is 1. The molecular formula is C9H7BrN4. The van der Waals surface area contributed by atoms with Crippen LogP contribution in [0.1, 0.15) is 0 Å². The average Bonchev–Trinajstić information content (AvgIpc) is 2.20. The third-order valence-corrected chi connectivity index (χ3v) is 2.14. The van der Waals surface area contributed by atoms with E-state index in [-0.39, 0.29) is 0 Å². The molecule has 5 heteroatoms. The van der Waals surface area contributed by atoms with Gasteiger partial charge in [0.1, 0.15) is 10.4 Å². The number of anilines is 1. The smallest absolute Gasteiger partial charge is 0.132 e. The lowest BCUT2D eigenvalue weighted by Gasteiger charge is -2.02. The van der Waals surface area contributed by atoms with Crippen molar-refractivity contribution in [3.63, 3.8) is 0 Å². The summed E-state index contributed by atoms with van der Waals surface area (Å²) in [4.78, 5) is 12.2. The van der Waals surface area contributed by atoms with Crippen molar-refractivity contribution in [3.05, 3.63) is 35.3 Å². The van der Waals surface area contributed by atoms with Gasteiger partial charge in [-0.05, 0) is 28.1 Å². The molecule has 0 amide bonds. The van der Waals surface area contributed by atoms with Crippen molar-refractivity contribution in [2.24, 2.45) is 0 Å². The van der Waals surface area contributed by atoms with E-state index in [2.05, 4.69) is 30.9 Å². The maximum absolute atomic E-state index is 5.70. The lowest BCUT2D eigenvalue weighted by Crippen LogP contribution is -1.95. The Hall–Kier alpha value is -1.49. The zero-order chi connectivity index (χ0) is 9.97. The summed E-state index contributed by atoms with van der Waals surface area (Å²) in [7, 11) is 0. The summed E-state index contributed by atoms with van der Waals surface area (Å²) >= 11 is 3.22. The van der Waals surface area contributed by atoms with Crippen LogP contribution in [-0.2, 0) is 0 Å². The molecule has 0 unspecified atom stereocenters. The molecule has 0 aliphatic rings. The van der Waals surface area contributed by atoms with Crippen LogP contribution < -0.4 is 5.73 Å². The van der Waals surface area contributed by atoms with Gasteiger partial charge in [0, 0.05) is 11.8 Å². The zero-order valence-electron chi connectivity index (χ0n) is 7.18. The van der Waals surface area contributed by atoms with Crippen LogP contribution in [-0.4, -0.2) is 15.0 Å². The Balaban J connectivity index is 2.50. The van der Waals surface area contributed by atoms with Crippen LogP contribution in [0.15, 0.2) is 35.3 Å². The third kappa shape index (κ3) is 1.72. The predicted molar refractivity (Wildman–Crippen MR) is 57.4 cm³/mol. The predicted octanol–water partition coefficient (Wildman–Crippen LogP) is 1.88. The van der Waals surface area contributed by atoms with Crippen LogP contribution in [0.3, 0.4) is 0 Å². The Morgan fingerprint density at radius 2 is 2.00 bits per heavy atom. The van der Waals surface area contributed by atoms with Gasteiger partial charge in [-0.15, -0.1) is 0 Å². The van der Waals surface area contributed by atoms with E-state index in [9.17, 15) is 0 Å². The largest absolute Gasteiger partial charge is 0.383 e. The Bertz CT molecular complexity index is 441. The second-order valence-electron chi connectivity index (χ2n) is 2.66. The summed E-state index contributed by atoms with van der Waals surface area (Å²) in [5.41, 5.74) is 7.22. The van der Waals surface area contributed by atoms with E-state index < -0.39 is 0 Å². The second-order valence-corrected chi connectivity index (χ2v) is 3.47. The Kier molecular flexibility index (Phi) is 2.41.